The van der Waals surface area contributed by atoms with Crippen LogP contribution < -0.4 is 17.0 Å². The fraction of sp³-hybridized carbons (Fsp3) is 0.417. The zero-order valence-corrected chi connectivity index (χ0v) is 11.5. The molecule has 0 aromatic heterocycles. The zero-order chi connectivity index (χ0) is 8.18. The monoisotopic (exact) mass is 260 g/mol. The maximum atomic E-state index is 2.31. The summed E-state index contributed by atoms with van der Waals surface area (Å²) in [6.45, 7) is 2.24. The van der Waals surface area contributed by atoms with E-state index in [0.29, 0.717) is 5.41 Å². The van der Waals surface area contributed by atoms with E-state index in [1.165, 1.54) is 24.8 Å². The standard InChI is InChI=1S/C12H13.BrH.Mg/c1-9-4-2-3-5-11(9)12-6-10(7-12)8-12;;/h2-5H,6-8H2,1H3;1H;/q-1;;+2/p-1. The molecule has 14 heavy (non-hydrogen) atoms. The predicted molar refractivity (Wildman–Crippen MR) is 55.7 cm³/mol. The van der Waals surface area contributed by atoms with Gasteiger partial charge < -0.3 is 22.9 Å². The predicted octanol–water partition coefficient (Wildman–Crippen LogP) is -0.372. The van der Waals surface area contributed by atoms with Crippen molar-refractivity contribution in [3.63, 3.8) is 0 Å². The Bertz CT molecular complexity index is 318. The Hall–Kier alpha value is 0.466. The van der Waals surface area contributed by atoms with Crippen molar-refractivity contribution in [1.29, 1.82) is 0 Å². The van der Waals surface area contributed by atoms with Crippen molar-refractivity contribution >= 4 is 23.1 Å². The van der Waals surface area contributed by atoms with Crippen molar-refractivity contribution in [2.24, 2.45) is 0 Å². The minimum Gasteiger partial charge on any atom is -1.00 e. The van der Waals surface area contributed by atoms with E-state index in [-0.39, 0.29) is 40.0 Å². The molecule has 4 rings (SSSR count). The molecule has 3 saturated carbocycles. The molecule has 2 heteroatoms. The van der Waals surface area contributed by atoms with Gasteiger partial charge in [0.1, 0.15) is 0 Å². The molecule has 2 bridgehead atoms. The third-order valence-electron chi connectivity index (χ3n) is 3.48. The Morgan fingerprint density at radius 3 is 2.14 bits per heavy atom. The first-order valence-corrected chi connectivity index (χ1v) is 4.70. The van der Waals surface area contributed by atoms with Crippen LogP contribution in [0.15, 0.2) is 24.3 Å². The molecule has 3 aliphatic carbocycles. The smallest absolute Gasteiger partial charge is 1.00 e. The first kappa shape index (κ1) is 12.5. The van der Waals surface area contributed by atoms with Gasteiger partial charge >= 0.3 is 23.1 Å². The average molecular weight is 261 g/mol. The van der Waals surface area contributed by atoms with Crippen molar-refractivity contribution in [3.05, 3.63) is 41.3 Å². The summed E-state index contributed by atoms with van der Waals surface area (Å²) in [5.74, 6) is 1.79. The molecule has 70 valence electrons. The third-order valence-corrected chi connectivity index (χ3v) is 3.48. The molecule has 0 nitrogen and oxygen atoms in total. The second-order valence-electron chi connectivity index (χ2n) is 4.38. The molecule has 0 radical (unpaired) electrons. The summed E-state index contributed by atoms with van der Waals surface area (Å²) in [7, 11) is 0. The molecule has 0 aliphatic heterocycles. The quantitative estimate of drug-likeness (QED) is 0.478. The SMILES string of the molecule is Cc1ccccc1C12C[C-](C1)C2.[Br-].[Mg+2]. The van der Waals surface area contributed by atoms with Crippen molar-refractivity contribution in [3.8, 4) is 0 Å². The van der Waals surface area contributed by atoms with Gasteiger partial charge in [0.15, 0.2) is 0 Å². The molecule has 3 aliphatic rings. The molecule has 0 N–H and O–H groups in total. The van der Waals surface area contributed by atoms with E-state index in [1.807, 2.05) is 0 Å². The van der Waals surface area contributed by atoms with Crippen LogP contribution in [0.4, 0.5) is 0 Å². The molecule has 1 aromatic rings. The molecular formula is C12H13BrMg. The molecular weight excluding hydrogens is 248 g/mol. The molecule has 0 unspecified atom stereocenters. The Labute approximate surface area is 112 Å². The van der Waals surface area contributed by atoms with E-state index in [4.69, 9.17) is 0 Å². The molecule has 3 fully saturated rings. The van der Waals surface area contributed by atoms with Crippen molar-refractivity contribution in [2.45, 2.75) is 31.6 Å². The van der Waals surface area contributed by atoms with Crippen LogP contribution in [0.3, 0.4) is 0 Å². The second-order valence-corrected chi connectivity index (χ2v) is 4.38. The Kier molecular flexibility index (Phi) is 3.71. The van der Waals surface area contributed by atoms with Crippen LogP contribution in [-0.2, 0) is 5.41 Å². The average Bonchev–Trinajstić information content (AvgIpc) is 1.87. The zero-order valence-electron chi connectivity index (χ0n) is 8.52. The van der Waals surface area contributed by atoms with Gasteiger partial charge in [-0.05, 0) is 18.1 Å². The van der Waals surface area contributed by atoms with Gasteiger partial charge in [-0.15, -0.1) is 0 Å². The van der Waals surface area contributed by atoms with E-state index < -0.39 is 0 Å². The van der Waals surface area contributed by atoms with E-state index in [2.05, 4.69) is 31.2 Å². The van der Waals surface area contributed by atoms with Gasteiger partial charge in [-0.25, -0.2) is 0 Å². The number of benzene rings is 1. The summed E-state index contributed by atoms with van der Waals surface area (Å²) < 4.78 is 0. The van der Waals surface area contributed by atoms with E-state index in [0.717, 1.165) is 0 Å². The first-order valence-electron chi connectivity index (χ1n) is 4.70. The van der Waals surface area contributed by atoms with Crippen molar-refractivity contribution in [2.75, 3.05) is 0 Å². The number of halogens is 1. The molecule has 0 saturated heterocycles. The summed E-state index contributed by atoms with van der Waals surface area (Å²) in [5, 5.41) is 0. The van der Waals surface area contributed by atoms with E-state index in [9.17, 15) is 0 Å². The summed E-state index contributed by atoms with van der Waals surface area (Å²) in [6, 6.07) is 8.86. The van der Waals surface area contributed by atoms with Crippen LogP contribution in [0.1, 0.15) is 30.4 Å². The third kappa shape index (κ3) is 1.55. The number of rotatable bonds is 1. The van der Waals surface area contributed by atoms with Gasteiger partial charge in [0.05, 0.1) is 0 Å². The van der Waals surface area contributed by atoms with Crippen LogP contribution in [0.25, 0.3) is 0 Å². The van der Waals surface area contributed by atoms with Crippen molar-refractivity contribution in [1.82, 2.24) is 0 Å². The van der Waals surface area contributed by atoms with Gasteiger partial charge in [-0.3, -0.25) is 0 Å². The van der Waals surface area contributed by atoms with Crippen LogP contribution in [0, 0.1) is 12.8 Å². The molecule has 1 aromatic carbocycles. The van der Waals surface area contributed by atoms with E-state index >= 15 is 0 Å². The normalized spacial score (nSPS) is 20.9. The summed E-state index contributed by atoms with van der Waals surface area (Å²) in [4.78, 5) is 0. The minimum absolute atomic E-state index is 0. The number of hydrogen-bond acceptors (Lipinski definition) is 0. The van der Waals surface area contributed by atoms with Gasteiger partial charge in [-0.1, -0.05) is 29.7 Å². The van der Waals surface area contributed by atoms with Gasteiger partial charge in [-0.2, -0.15) is 19.3 Å². The van der Waals surface area contributed by atoms with Gasteiger partial charge in [0.25, 0.3) is 0 Å². The maximum Gasteiger partial charge on any atom is 2.00 e. The fourth-order valence-corrected chi connectivity index (χ4v) is 2.73. The summed E-state index contributed by atoms with van der Waals surface area (Å²) >= 11 is 0. The summed E-state index contributed by atoms with van der Waals surface area (Å²) in [5.41, 5.74) is 3.71. The first-order chi connectivity index (χ1) is 5.80. The van der Waals surface area contributed by atoms with Gasteiger partial charge in [0, 0.05) is 0 Å². The topological polar surface area (TPSA) is 0 Å². The molecule has 0 atom stereocenters. The second kappa shape index (κ2) is 4.15. The maximum absolute atomic E-state index is 2.31. The molecule has 0 amide bonds. The summed E-state index contributed by atoms with van der Waals surface area (Å²) in [6.07, 6.45) is 4.16. The Balaban J connectivity index is 0.000000490. The largest absolute Gasteiger partial charge is 2.00 e. The number of aryl methyl sites for hydroxylation is 1. The minimum atomic E-state index is 0. The van der Waals surface area contributed by atoms with E-state index in [1.54, 1.807) is 11.5 Å². The van der Waals surface area contributed by atoms with Crippen LogP contribution >= 0.6 is 0 Å². The van der Waals surface area contributed by atoms with Crippen LogP contribution in [0.5, 0.6) is 0 Å². The Morgan fingerprint density at radius 2 is 1.71 bits per heavy atom. The van der Waals surface area contributed by atoms with Crippen LogP contribution in [0.2, 0.25) is 0 Å². The van der Waals surface area contributed by atoms with Gasteiger partial charge in [0.2, 0.25) is 0 Å². The Morgan fingerprint density at radius 1 is 1.14 bits per heavy atom. The fourth-order valence-electron chi connectivity index (χ4n) is 2.73. The van der Waals surface area contributed by atoms with Crippen molar-refractivity contribution < 1.29 is 17.0 Å². The van der Waals surface area contributed by atoms with Crippen LogP contribution in [-0.4, -0.2) is 23.1 Å². The number of hydrogen-bond donors (Lipinski definition) is 0. The molecule has 0 spiro atoms. The molecule has 0 heterocycles.